The lowest BCUT2D eigenvalue weighted by Crippen LogP contribution is -2.36. The number of amides is 1. The van der Waals surface area contributed by atoms with Crippen LogP contribution in [0.15, 0.2) is 64.5 Å². The number of rotatable bonds is 9. The van der Waals surface area contributed by atoms with Crippen LogP contribution in [0.2, 0.25) is 5.02 Å². The van der Waals surface area contributed by atoms with E-state index in [1.807, 2.05) is 12.1 Å². The number of halogens is 1. The quantitative estimate of drug-likeness (QED) is 0.544. The van der Waals surface area contributed by atoms with Crippen molar-refractivity contribution in [3.8, 4) is 0 Å². The van der Waals surface area contributed by atoms with Crippen molar-refractivity contribution >= 4 is 38.2 Å². The number of nitrogens with one attached hydrogen (secondary N) is 1. The van der Waals surface area contributed by atoms with Gasteiger partial charge in [-0.25, -0.2) is 8.42 Å². The highest BCUT2D eigenvalue weighted by Crippen LogP contribution is 2.30. The summed E-state index contributed by atoms with van der Waals surface area (Å²) >= 11 is 5.90. The van der Waals surface area contributed by atoms with Gasteiger partial charge in [-0.15, -0.1) is 0 Å². The summed E-state index contributed by atoms with van der Waals surface area (Å²) in [6.45, 7) is 7.41. The highest BCUT2D eigenvalue weighted by Gasteiger charge is 2.23. The normalized spacial score (nSPS) is 11.9. The van der Waals surface area contributed by atoms with Crippen molar-refractivity contribution in [2.75, 3.05) is 26.2 Å². The van der Waals surface area contributed by atoms with E-state index in [9.17, 15) is 13.2 Å². The summed E-state index contributed by atoms with van der Waals surface area (Å²) in [7, 11) is -3.75. The van der Waals surface area contributed by atoms with Crippen LogP contribution in [0, 0.1) is 0 Å². The van der Waals surface area contributed by atoms with E-state index in [0.717, 1.165) is 19.6 Å². The Morgan fingerprint density at radius 1 is 1.07 bits per heavy atom. The summed E-state index contributed by atoms with van der Waals surface area (Å²) in [4.78, 5) is 15.0. The fourth-order valence-electron chi connectivity index (χ4n) is 3.40. The second-order valence-corrected chi connectivity index (χ2v) is 9.33. The van der Waals surface area contributed by atoms with E-state index < -0.39 is 9.84 Å². The van der Waals surface area contributed by atoms with Crippen molar-refractivity contribution in [2.45, 2.75) is 30.2 Å². The van der Waals surface area contributed by atoms with E-state index in [4.69, 9.17) is 11.6 Å². The van der Waals surface area contributed by atoms with Crippen LogP contribution in [-0.4, -0.2) is 50.0 Å². The number of carbonyl (C=O) groups is 1. The van der Waals surface area contributed by atoms with Gasteiger partial charge in [0, 0.05) is 35.2 Å². The number of para-hydroxylation sites is 1. The van der Waals surface area contributed by atoms with E-state index in [1.54, 1.807) is 35.0 Å². The zero-order valence-electron chi connectivity index (χ0n) is 17.1. The van der Waals surface area contributed by atoms with E-state index in [0.29, 0.717) is 22.5 Å². The molecule has 1 heterocycles. The van der Waals surface area contributed by atoms with Gasteiger partial charge in [-0.1, -0.05) is 43.6 Å². The number of sulfone groups is 1. The molecule has 0 unspecified atom stereocenters. The van der Waals surface area contributed by atoms with Gasteiger partial charge in [0.05, 0.1) is 9.79 Å². The topological polar surface area (TPSA) is 71.4 Å². The van der Waals surface area contributed by atoms with Crippen LogP contribution in [0.1, 0.15) is 13.8 Å². The van der Waals surface area contributed by atoms with Gasteiger partial charge in [-0.05, 0) is 43.4 Å². The van der Waals surface area contributed by atoms with Gasteiger partial charge in [0.15, 0.2) is 0 Å². The first kappa shape index (κ1) is 22.3. The van der Waals surface area contributed by atoms with Gasteiger partial charge < -0.3 is 14.8 Å². The van der Waals surface area contributed by atoms with Gasteiger partial charge in [0.1, 0.15) is 6.54 Å². The Hall–Kier alpha value is -2.35. The molecule has 0 atom stereocenters. The average Bonchev–Trinajstić information content (AvgIpc) is 3.11. The maximum Gasteiger partial charge on any atom is 0.239 e. The second-order valence-electron chi connectivity index (χ2n) is 6.97. The van der Waals surface area contributed by atoms with Crippen LogP contribution in [-0.2, 0) is 21.2 Å². The van der Waals surface area contributed by atoms with Crippen LogP contribution < -0.4 is 5.32 Å². The fraction of sp³-hybridized carbons (Fsp3) is 0.318. The van der Waals surface area contributed by atoms with Gasteiger partial charge in [0.2, 0.25) is 15.7 Å². The number of aromatic nitrogens is 1. The molecule has 0 saturated heterocycles. The fourth-order valence-corrected chi connectivity index (χ4v) is 5.01. The summed E-state index contributed by atoms with van der Waals surface area (Å²) in [6, 6.07) is 13.3. The summed E-state index contributed by atoms with van der Waals surface area (Å²) in [6.07, 6.45) is 1.54. The largest absolute Gasteiger partial charge is 0.353 e. The second kappa shape index (κ2) is 9.64. The van der Waals surface area contributed by atoms with Crippen molar-refractivity contribution in [1.29, 1.82) is 0 Å². The Bertz CT molecular complexity index is 1120. The summed E-state index contributed by atoms with van der Waals surface area (Å²) in [5.74, 6) is -0.154. The summed E-state index contributed by atoms with van der Waals surface area (Å²) in [5.41, 5.74) is 0.698. The van der Waals surface area contributed by atoms with Gasteiger partial charge in [-0.3, -0.25) is 4.79 Å². The number of fused-ring (bicyclic) bond motifs is 1. The lowest BCUT2D eigenvalue weighted by molar-refractivity contribution is -0.121. The highest BCUT2D eigenvalue weighted by molar-refractivity contribution is 7.91. The Morgan fingerprint density at radius 3 is 2.40 bits per heavy atom. The molecule has 0 radical (unpaired) electrons. The molecule has 0 spiro atoms. The van der Waals surface area contributed by atoms with Crippen LogP contribution in [0.3, 0.4) is 0 Å². The number of carbonyl (C=O) groups excluding carboxylic acids is 1. The molecule has 2 aromatic carbocycles. The maximum atomic E-state index is 13.2. The molecule has 0 fully saturated rings. The van der Waals surface area contributed by atoms with E-state index in [1.165, 1.54) is 12.1 Å². The zero-order valence-corrected chi connectivity index (χ0v) is 18.7. The zero-order chi connectivity index (χ0) is 21.7. The molecule has 0 aliphatic rings. The van der Waals surface area contributed by atoms with Crippen molar-refractivity contribution < 1.29 is 13.2 Å². The molecule has 1 N–H and O–H groups in total. The first-order valence-corrected chi connectivity index (χ1v) is 11.8. The summed E-state index contributed by atoms with van der Waals surface area (Å²) in [5, 5.41) is 3.97. The number of hydrogen-bond acceptors (Lipinski definition) is 4. The smallest absolute Gasteiger partial charge is 0.239 e. The third-order valence-electron chi connectivity index (χ3n) is 5.12. The SMILES string of the molecule is CCN(CC)CCNC(=O)Cn1cc(S(=O)(=O)c2ccc(Cl)cc2)c2ccccc21. The van der Waals surface area contributed by atoms with Gasteiger partial charge in [0.25, 0.3) is 0 Å². The monoisotopic (exact) mass is 447 g/mol. The Labute approximate surface area is 182 Å². The van der Waals surface area contributed by atoms with Crippen LogP contribution >= 0.6 is 11.6 Å². The van der Waals surface area contributed by atoms with Crippen LogP contribution in [0.25, 0.3) is 10.9 Å². The van der Waals surface area contributed by atoms with Crippen molar-refractivity contribution in [3.63, 3.8) is 0 Å². The predicted molar refractivity (Wildman–Crippen MR) is 120 cm³/mol. The highest BCUT2D eigenvalue weighted by atomic mass is 35.5. The average molecular weight is 448 g/mol. The third-order valence-corrected chi connectivity index (χ3v) is 7.17. The third kappa shape index (κ3) is 4.86. The van der Waals surface area contributed by atoms with Crippen molar-refractivity contribution in [1.82, 2.24) is 14.8 Å². The summed E-state index contributed by atoms with van der Waals surface area (Å²) < 4.78 is 28.1. The minimum atomic E-state index is -3.75. The minimum absolute atomic E-state index is 0.0505. The molecular weight excluding hydrogens is 422 g/mol. The van der Waals surface area contributed by atoms with Gasteiger partial charge >= 0.3 is 0 Å². The van der Waals surface area contributed by atoms with E-state index in [-0.39, 0.29) is 22.2 Å². The first-order valence-electron chi connectivity index (χ1n) is 9.94. The lowest BCUT2D eigenvalue weighted by atomic mass is 10.2. The van der Waals surface area contributed by atoms with Crippen molar-refractivity contribution in [2.24, 2.45) is 0 Å². The van der Waals surface area contributed by atoms with E-state index in [2.05, 4.69) is 24.1 Å². The minimum Gasteiger partial charge on any atom is -0.353 e. The van der Waals surface area contributed by atoms with Crippen molar-refractivity contribution in [3.05, 3.63) is 59.8 Å². The molecule has 3 aromatic rings. The number of hydrogen-bond donors (Lipinski definition) is 1. The number of likely N-dealkylation sites (N-methyl/N-ethyl adjacent to an activating group) is 1. The first-order chi connectivity index (χ1) is 14.4. The standard InChI is InChI=1S/C22H26ClN3O3S/c1-3-25(4-2)14-13-24-22(27)16-26-15-21(19-7-5-6-8-20(19)26)30(28,29)18-11-9-17(23)10-12-18/h5-12,15H,3-4,13-14,16H2,1-2H3,(H,24,27). The molecule has 0 aliphatic heterocycles. The Kier molecular flexibility index (Phi) is 7.18. The molecule has 1 amide bonds. The molecule has 30 heavy (non-hydrogen) atoms. The lowest BCUT2D eigenvalue weighted by Gasteiger charge is -2.18. The molecule has 1 aromatic heterocycles. The molecule has 6 nitrogen and oxygen atoms in total. The molecular formula is C22H26ClN3O3S. The molecule has 0 saturated carbocycles. The van der Waals surface area contributed by atoms with Crippen LogP contribution in [0.4, 0.5) is 0 Å². The number of nitrogens with zero attached hydrogens (tertiary/aromatic N) is 2. The van der Waals surface area contributed by atoms with Crippen LogP contribution in [0.5, 0.6) is 0 Å². The molecule has 0 aliphatic carbocycles. The van der Waals surface area contributed by atoms with E-state index >= 15 is 0 Å². The Morgan fingerprint density at radius 2 is 1.73 bits per heavy atom. The Balaban J connectivity index is 1.85. The molecule has 3 rings (SSSR count). The maximum absolute atomic E-state index is 13.2. The molecule has 160 valence electrons. The molecule has 8 heteroatoms. The number of benzene rings is 2. The predicted octanol–water partition coefficient (Wildman–Crippen LogP) is 3.59. The molecule has 0 bridgehead atoms. The van der Waals surface area contributed by atoms with Gasteiger partial charge in [-0.2, -0.15) is 0 Å².